The van der Waals surface area contributed by atoms with Gasteiger partial charge in [0.15, 0.2) is 0 Å². The number of nitrogens with one attached hydrogen (secondary N) is 2. The second kappa shape index (κ2) is 7.12. The van der Waals surface area contributed by atoms with Crippen molar-refractivity contribution in [1.82, 2.24) is 25.3 Å². The van der Waals surface area contributed by atoms with E-state index in [-0.39, 0.29) is 5.91 Å². The highest BCUT2D eigenvalue weighted by Gasteiger charge is 2.09. The Hall–Kier alpha value is -2.89. The predicted octanol–water partition coefficient (Wildman–Crippen LogP) is 2.46. The molecule has 0 aliphatic rings. The van der Waals surface area contributed by atoms with Crippen molar-refractivity contribution in [3.8, 4) is 5.69 Å². The Balaban J connectivity index is 1.51. The maximum Gasteiger partial charge on any atom is 0.220 e. The number of para-hydroxylation sites is 1. The summed E-state index contributed by atoms with van der Waals surface area (Å²) < 4.78 is 1.82. The van der Waals surface area contributed by atoms with E-state index in [2.05, 4.69) is 20.6 Å². The van der Waals surface area contributed by atoms with Crippen LogP contribution < -0.4 is 5.32 Å². The van der Waals surface area contributed by atoms with Crippen LogP contribution in [-0.2, 0) is 17.8 Å². The molecule has 3 rings (SSSR count). The standard InChI is InChI=1S/C18H21N5O/c1-13-17(14(2)22-21-13)11-19-18(24)9-8-15-10-20-23(12-15)16-6-4-3-5-7-16/h3-7,10,12H,8-9,11H2,1-2H3,(H,19,24)(H,21,22). The van der Waals surface area contributed by atoms with E-state index in [1.165, 1.54) is 0 Å². The number of rotatable bonds is 6. The minimum atomic E-state index is 0.0301. The van der Waals surface area contributed by atoms with E-state index < -0.39 is 0 Å². The van der Waals surface area contributed by atoms with Crippen molar-refractivity contribution >= 4 is 5.91 Å². The largest absolute Gasteiger partial charge is 0.352 e. The topological polar surface area (TPSA) is 75.6 Å². The summed E-state index contributed by atoms with van der Waals surface area (Å²) in [6.07, 6.45) is 4.89. The third kappa shape index (κ3) is 3.71. The van der Waals surface area contributed by atoms with Gasteiger partial charge in [-0.25, -0.2) is 4.68 Å². The fraction of sp³-hybridized carbons (Fsp3) is 0.278. The molecule has 0 aliphatic carbocycles. The van der Waals surface area contributed by atoms with Crippen LogP contribution in [0.25, 0.3) is 5.69 Å². The molecule has 2 heterocycles. The molecule has 1 aromatic carbocycles. The number of aryl methyl sites for hydroxylation is 3. The molecule has 124 valence electrons. The van der Waals surface area contributed by atoms with Gasteiger partial charge < -0.3 is 5.32 Å². The summed E-state index contributed by atoms with van der Waals surface area (Å²) in [6, 6.07) is 9.92. The van der Waals surface area contributed by atoms with Crippen molar-refractivity contribution < 1.29 is 4.79 Å². The molecule has 0 aliphatic heterocycles. The van der Waals surface area contributed by atoms with Gasteiger partial charge in [0.05, 0.1) is 17.6 Å². The fourth-order valence-corrected chi connectivity index (χ4v) is 2.58. The maximum absolute atomic E-state index is 12.0. The first-order valence-corrected chi connectivity index (χ1v) is 7.99. The van der Waals surface area contributed by atoms with Crippen LogP contribution in [0.4, 0.5) is 0 Å². The number of carbonyl (C=O) groups is 1. The molecule has 24 heavy (non-hydrogen) atoms. The highest BCUT2D eigenvalue weighted by atomic mass is 16.1. The molecule has 6 heteroatoms. The average Bonchev–Trinajstić information content (AvgIpc) is 3.19. The lowest BCUT2D eigenvalue weighted by Crippen LogP contribution is -2.23. The molecule has 0 saturated carbocycles. The smallest absolute Gasteiger partial charge is 0.220 e. The summed E-state index contributed by atoms with van der Waals surface area (Å²) in [5, 5.41) is 14.4. The maximum atomic E-state index is 12.0. The van der Waals surface area contributed by atoms with Crippen LogP contribution in [0.3, 0.4) is 0 Å². The molecule has 0 fully saturated rings. The molecule has 0 bridgehead atoms. The number of aromatic amines is 1. The van der Waals surface area contributed by atoms with E-state index in [0.29, 0.717) is 19.4 Å². The third-order valence-electron chi connectivity index (χ3n) is 4.04. The van der Waals surface area contributed by atoms with Crippen molar-refractivity contribution in [2.24, 2.45) is 0 Å². The van der Waals surface area contributed by atoms with Crippen LogP contribution in [0.2, 0.25) is 0 Å². The molecule has 0 saturated heterocycles. The minimum absolute atomic E-state index is 0.0301. The van der Waals surface area contributed by atoms with Crippen LogP contribution in [-0.4, -0.2) is 25.9 Å². The Morgan fingerprint density at radius 1 is 1.25 bits per heavy atom. The lowest BCUT2D eigenvalue weighted by Gasteiger charge is -2.05. The second-order valence-electron chi connectivity index (χ2n) is 5.82. The van der Waals surface area contributed by atoms with Crippen molar-refractivity contribution in [3.63, 3.8) is 0 Å². The lowest BCUT2D eigenvalue weighted by molar-refractivity contribution is -0.121. The average molecular weight is 323 g/mol. The zero-order valence-corrected chi connectivity index (χ0v) is 13.9. The van der Waals surface area contributed by atoms with Gasteiger partial charge in [0.25, 0.3) is 0 Å². The van der Waals surface area contributed by atoms with Crippen molar-refractivity contribution in [3.05, 3.63) is 65.2 Å². The number of hydrogen-bond acceptors (Lipinski definition) is 3. The molecular weight excluding hydrogens is 302 g/mol. The zero-order chi connectivity index (χ0) is 16.9. The monoisotopic (exact) mass is 323 g/mol. The molecule has 1 amide bonds. The number of aromatic nitrogens is 4. The van der Waals surface area contributed by atoms with E-state index in [1.807, 2.05) is 61.3 Å². The van der Waals surface area contributed by atoms with Crippen LogP contribution >= 0.6 is 0 Å². The summed E-state index contributed by atoms with van der Waals surface area (Å²) in [7, 11) is 0. The highest BCUT2D eigenvalue weighted by Crippen LogP contribution is 2.10. The van der Waals surface area contributed by atoms with Gasteiger partial charge >= 0.3 is 0 Å². The van der Waals surface area contributed by atoms with E-state index in [9.17, 15) is 4.79 Å². The van der Waals surface area contributed by atoms with Gasteiger partial charge in [-0.1, -0.05) is 18.2 Å². The lowest BCUT2D eigenvalue weighted by atomic mass is 10.1. The Kier molecular flexibility index (Phi) is 4.74. The van der Waals surface area contributed by atoms with E-state index in [4.69, 9.17) is 0 Å². The van der Waals surface area contributed by atoms with Gasteiger partial charge in [0, 0.05) is 30.4 Å². The fourth-order valence-electron chi connectivity index (χ4n) is 2.58. The number of amides is 1. The molecular formula is C18H21N5O. The van der Waals surface area contributed by atoms with Crippen LogP contribution in [0.1, 0.15) is 28.9 Å². The Morgan fingerprint density at radius 3 is 2.75 bits per heavy atom. The third-order valence-corrected chi connectivity index (χ3v) is 4.04. The predicted molar refractivity (Wildman–Crippen MR) is 91.8 cm³/mol. The van der Waals surface area contributed by atoms with Gasteiger partial charge in [-0.3, -0.25) is 9.89 Å². The number of H-pyrrole nitrogens is 1. The molecule has 0 spiro atoms. The van der Waals surface area contributed by atoms with Gasteiger partial charge in [0.2, 0.25) is 5.91 Å². The minimum Gasteiger partial charge on any atom is -0.352 e. The number of hydrogen-bond donors (Lipinski definition) is 2. The van der Waals surface area contributed by atoms with E-state index >= 15 is 0 Å². The Morgan fingerprint density at radius 2 is 2.04 bits per heavy atom. The van der Waals surface area contributed by atoms with Crippen molar-refractivity contribution in [1.29, 1.82) is 0 Å². The summed E-state index contributed by atoms with van der Waals surface area (Å²) >= 11 is 0. The molecule has 3 aromatic rings. The molecule has 6 nitrogen and oxygen atoms in total. The summed E-state index contributed by atoms with van der Waals surface area (Å²) in [6.45, 7) is 4.40. The van der Waals surface area contributed by atoms with Crippen molar-refractivity contribution in [2.75, 3.05) is 0 Å². The summed E-state index contributed by atoms with van der Waals surface area (Å²) in [4.78, 5) is 12.0. The molecule has 2 aromatic heterocycles. The Bertz CT molecular complexity index is 800. The SMILES string of the molecule is Cc1n[nH]c(C)c1CNC(=O)CCc1cnn(-c2ccccc2)c1. The zero-order valence-electron chi connectivity index (χ0n) is 13.9. The van der Waals surface area contributed by atoms with Gasteiger partial charge in [0.1, 0.15) is 0 Å². The molecule has 0 unspecified atom stereocenters. The normalized spacial score (nSPS) is 10.8. The van der Waals surface area contributed by atoms with E-state index in [0.717, 1.165) is 28.2 Å². The van der Waals surface area contributed by atoms with Gasteiger partial charge in [-0.05, 0) is 38.0 Å². The highest BCUT2D eigenvalue weighted by molar-refractivity contribution is 5.76. The van der Waals surface area contributed by atoms with Gasteiger partial charge in [-0.15, -0.1) is 0 Å². The van der Waals surface area contributed by atoms with Crippen LogP contribution in [0.5, 0.6) is 0 Å². The number of benzene rings is 1. The van der Waals surface area contributed by atoms with Crippen LogP contribution in [0, 0.1) is 13.8 Å². The summed E-state index contributed by atoms with van der Waals surface area (Å²) in [5.41, 5.74) is 5.04. The first kappa shape index (κ1) is 16.0. The number of nitrogens with zero attached hydrogens (tertiary/aromatic N) is 3. The van der Waals surface area contributed by atoms with E-state index in [1.54, 1.807) is 0 Å². The quantitative estimate of drug-likeness (QED) is 0.731. The summed E-state index contributed by atoms with van der Waals surface area (Å²) in [5.74, 6) is 0.0301. The molecule has 2 N–H and O–H groups in total. The first-order valence-electron chi connectivity index (χ1n) is 7.99. The second-order valence-corrected chi connectivity index (χ2v) is 5.82. The van der Waals surface area contributed by atoms with Crippen molar-refractivity contribution in [2.45, 2.75) is 33.2 Å². The van der Waals surface area contributed by atoms with Crippen LogP contribution in [0.15, 0.2) is 42.7 Å². The molecule has 0 radical (unpaired) electrons. The Labute approximate surface area is 140 Å². The molecule has 0 atom stereocenters. The van der Waals surface area contributed by atoms with Gasteiger partial charge in [-0.2, -0.15) is 10.2 Å². The first-order chi connectivity index (χ1) is 11.6. The number of carbonyl (C=O) groups excluding carboxylic acids is 1.